The van der Waals surface area contributed by atoms with Crippen molar-refractivity contribution in [1.29, 1.82) is 0 Å². The molecule has 0 fully saturated rings. The Bertz CT molecular complexity index is 542. The van der Waals surface area contributed by atoms with E-state index in [0.29, 0.717) is 17.9 Å². The molecular formula is C17H19ClFN. The Morgan fingerprint density at radius 1 is 1.05 bits per heavy atom. The molecule has 0 bridgehead atoms. The van der Waals surface area contributed by atoms with Crippen LogP contribution in [0.2, 0.25) is 5.02 Å². The molecule has 20 heavy (non-hydrogen) atoms. The fourth-order valence-corrected chi connectivity index (χ4v) is 2.66. The van der Waals surface area contributed by atoms with Gasteiger partial charge in [-0.3, -0.25) is 0 Å². The van der Waals surface area contributed by atoms with Crippen molar-refractivity contribution >= 4 is 11.6 Å². The lowest BCUT2D eigenvalue weighted by molar-refractivity contribution is 0.480. The quantitative estimate of drug-likeness (QED) is 0.845. The van der Waals surface area contributed by atoms with E-state index in [9.17, 15) is 4.39 Å². The highest BCUT2D eigenvalue weighted by Crippen LogP contribution is 2.22. The van der Waals surface area contributed by atoms with Gasteiger partial charge in [-0.2, -0.15) is 0 Å². The van der Waals surface area contributed by atoms with Crippen LogP contribution in [0.3, 0.4) is 0 Å². The van der Waals surface area contributed by atoms with E-state index in [4.69, 9.17) is 11.6 Å². The van der Waals surface area contributed by atoms with Crippen LogP contribution in [-0.2, 0) is 12.8 Å². The molecule has 106 valence electrons. The Labute approximate surface area is 124 Å². The van der Waals surface area contributed by atoms with E-state index in [1.807, 2.05) is 31.3 Å². The van der Waals surface area contributed by atoms with Gasteiger partial charge < -0.3 is 5.32 Å². The summed E-state index contributed by atoms with van der Waals surface area (Å²) in [5.74, 6) is 0.0544. The first kappa shape index (κ1) is 15.0. The molecule has 0 aliphatic heterocycles. The maximum absolute atomic E-state index is 14.0. The zero-order valence-electron chi connectivity index (χ0n) is 11.6. The molecule has 1 N–H and O–H groups in total. The van der Waals surface area contributed by atoms with Crippen molar-refractivity contribution in [3.8, 4) is 0 Å². The van der Waals surface area contributed by atoms with Crippen molar-refractivity contribution in [3.05, 3.63) is 70.5 Å². The molecule has 0 aliphatic rings. The predicted molar refractivity (Wildman–Crippen MR) is 82.7 cm³/mol. The van der Waals surface area contributed by atoms with Crippen LogP contribution in [0.25, 0.3) is 0 Å². The van der Waals surface area contributed by atoms with E-state index in [1.54, 1.807) is 12.1 Å². The number of hydrogen-bond donors (Lipinski definition) is 1. The molecule has 1 atom stereocenters. The van der Waals surface area contributed by atoms with Crippen molar-refractivity contribution in [2.45, 2.75) is 12.8 Å². The first-order valence-electron chi connectivity index (χ1n) is 6.82. The minimum Gasteiger partial charge on any atom is -0.319 e. The van der Waals surface area contributed by atoms with Gasteiger partial charge in [-0.1, -0.05) is 54.1 Å². The molecule has 2 aromatic rings. The van der Waals surface area contributed by atoms with Crippen LogP contribution in [-0.4, -0.2) is 13.6 Å². The summed E-state index contributed by atoms with van der Waals surface area (Å²) in [5, 5.41) is 3.39. The Morgan fingerprint density at radius 3 is 2.50 bits per heavy atom. The SMILES string of the molecule is CNCC(Cc1ccccc1)Cc1cccc(Cl)c1F. The summed E-state index contributed by atoms with van der Waals surface area (Å²) in [6.45, 7) is 0.848. The second-order valence-electron chi connectivity index (χ2n) is 5.03. The molecule has 0 amide bonds. The third-order valence-electron chi connectivity index (χ3n) is 3.40. The largest absolute Gasteiger partial charge is 0.319 e. The van der Waals surface area contributed by atoms with E-state index in [1.165, 1.54) is 5.56 Å². The van der Waals surface area contributed by atoms with Crippen LogP contribution in [0.5, 0.6) is 0 Å². The Morgan fingerprint density at radius 2 is 1.80 bits per heavy atom. The van der Waals surface area contributed by atoms with Crippen molar-refractivity contribution in [1.82, 2.24) is 5.32 Å². The first-order valence-corrected chi connectivity index (χ1v) is 7.20. The fraction of sp³-hybridized carbons (Fsp3) is 0.294. The van der Waals surface area contributed by atoms with Gasteiger partial charge >= 0.3 is 0 Å². The van der Waals surface area contributed by atoms with Gasteiger partial charge in [-0.25, -0.2) is 4.39 Å². The molecule has 0 heterocycles. The van der Waals surface area contributed by atoms with Gasteiger partial charge in [0.25, 0.3) is 0 Å². The van der Waals surface area contributed by atoms with Crippen LogP contribution in [0.15, 0.2) is 48.5 Å². The number of hydrogen-bond acceptors (Lipinski definition) is 1. The summed E-state index contributed by atoms with van der Waals surface area (Å²) in [5.41, 5.74) is 1.96. The second kappa shape index (κ2) is 7.41. The van der Waals surface area contributed by atoms with Gasteiger partial charge in [0.05, 0.1) is 5.02 Å². The zero-order chi connectivity index (χ0) is 14.4. The summed E-state index contributed by atoms with van der Waals surface area (Å²) < 4.78 is 14.0. The van der Waals surface area contributed by atoms with Crippen molar-refractivity contribution < 1.29 is 4.39 Å². The number of rotatable bonds is 6. The van der Waals surface area contributed by atoms with E-state index >= 15 is 0 Å². The molecule has 2 rings (SSSR count). The summed E-state index contributed by atoms with van der Waals surface area (Å²) in [6, 6.07) is 15.5. The Balaban J connectivity index is 2.11. The topological polar surface area (TPSA) is 12.0 Å². The van der Waals surface area contributed by atoms with Gasteiger partial charge in [0.2, 0.25) is 0 Å². The third kappa shape index (κ3) is 4.06. The van der Waals surface area contributed by atoms with Crippen molar-refractivity contribution in [2.75, 3.05) is 13.6 Å². The minimum absolute atomic E-state index is 0.199. The predicted octanol–water partition coefficient (Wildman–Crippen LogP) is 4.10. The van der Waals surface area contributed by atoms with Gasteiger partial charge in [0.15, 0.2) is 0 Å². The van der Waals surface area contributed by atoms with E-state index in [0.717, 1.165) is 13.0 Å². The number of benzene rings is 2. The standard InChI is InChI=1S/C17H19ClFN/c1-20-12-14(10-13-6-3-2-4-7-13)11-15-8-5-9-16(18)17(15)19/h2-9,14,20H,10-12H2,1H3. The average molecular weight is 292 g/mol. The van der Waals surface area contributed by atoms with Gasteiger partial charge in [0.1, 0.15) is 5.82 Å². The van der Waals surface area contributed by atoms with Crippen LogP contribution in [0.4, 0.5) is 4.39 Å². The Kier molecular flexibility index (Phi) is 5.57. The van der Waals surface area contributed by atoms with Crippen LogP contribution in [0.1, 0.15) is 11.1 Å². The highest BCUT2D eigenvalue weighted by atomic mass is 35.5. The van der Waals surface area contributed by atoms with Crippen molar-refractivity contribution in [2.24, 2.45) is 5.92 Å². The third-order valence-corrected chi connectivity index (χ3v) is 3.69. The lowest BCUT2D eigenvalue weighted by atomic mass is 9.92. The minimum atomic E-state index is -0.289. The van der Waals surface area contributed by atoms with Crippen LogP contribution < -0.4 is 5.32 Å². The molecule has 0 radical (unpaired) electrons. The maximum atomic E-state index is 14.0. The number of nitrogens with one attached hydrogen (secondary N) is 1. The molecule has 3 heteroatoms. The molecule has 0 aromatic heterocycles. The average Bonchev–Trinajstić information content (AvgIpc) is 2.45. The Hall–Kier alpha value is -1.38. The smallest absolute Gasteiger partial charge is 0.144 e. The van der Waals surface area contributed by atoms with Gasteiger partial charge in [-0.15, -0.1) is 0 Å². The zero-order valence-corrected chi connectivity index (χ0v) is 12.3. The van der Waals surface area contributed by atoms with Crippen molar-refractivity contribution in [3.63, 3.8) is 0 Å². The molecule has 0 spiro atoms. The highest BCUT2D eigenvalue weighted by molar-refractivity contribution is 6.30. The summed E-state index contributed by atoms with van der Waals surface area (Å²) >= 11 is 5.84. The maximum Gasteiger partial charge on any atom is 0.144 e. The van der Waals surface area contributed by atoms with Crippen LogP contribution in [0, 0.1) is 11.7 Å². The second-order valence-corrected chi connectivity index (χ2v) is 5.44. The van der Waals surface area contributed by atoms with Gasteiger partial charge in [0, 0.05) is 0 Å². The summed E-state index contributed by atoms with van der Waals surface area (Å²) in [6.07, 6.45) is 1.61. The van der Waals surface area contributed by atoms with E-state index in [2.05, 4.69) is 17.4 Å². The monoisotopic (exact) mass is 291 g/mol. The first-order chi connectivity index (χ1) is 9.70. The lowest BCUT2D eigenvalue weighted by Crippen LogP contribution is -2.23. The summed E-state index contributed by atoms with van der Waals surface area (Å²) in [4.78, 5) is 0. The summed E-state index contributed by atoms with van der Waals surface area (Å²) in [7, 11) is 1.92. The van der Waals surface area contributed by atoms with E-state index in [-0.39, 0.29) is 10.8 Å². The van der Waals surface area contributed by atoms with E-state index < -0.39 is 0 Å². The molecule has 0 aliphatic carbocycles. The molecule has 0 saturated carbocycles. The molecule has 1 unspecified atom stereocenters. The molecular weight excluding hydrogens is 273 g/mol. The highest BCUT2D eigenvalue weighted by Gasteiger charge is 2.14. The van der Waals surface area contributed by atoms with Crippen LogP contribution >= 0.6 is 11.6 Å². The normalized spacial score (nSPS) is 12.3. The lowest BCUT2D eigenvalue weighted by Gasteiger charge is -2.17. The molecule has 0 saturated heterocycles. The molecule has 2 aromatic carbocycles. The molecule has 1 nitrogen and oxygen atoms in total. The van der Waals surface area contributed by atoms with Gasteiger partial charge in [-0.05, 0) is 49.5 Å². The fourth-order valence-electron chi connectivity index (χ4n) is 2.47. The number of halogens is 2.